The molecule has 0 fully saturated rings. The van der Waals surface area contributed by atoms with E-state index in [-0.39, 0.29) is 6.54 Å². The number of carbonyl (C=O) groups is 1. The summed E-state index contributed by atoms with van der Waals surface area (Å²) in [6, 6.07) is 16.6. The molecule has 6 nitrogen and oxygen atoms in total. The topological polar surface area (TPSA) is 70.4 Å². The van der Waals surface area contributed by atoms with Crippen LogP contribution >= 0.6 is 11.8 Å². The summed E-state index contributed by atoms with van der Waals surface area (Å²) in [5, 5.41) is 12.8. The SMILES string of the molecule is O=C(Cn1cc(CN2c3ccccc3Sc3ccccc32)cn1)NO. The van der Waals surface area contributed by atoms with Crippen molar-refractivity contribution in [2.45, 2.75) is 22.9 Å². The smallest absolute Gasteiger partial charge is 0.265 e. The van der Waals surface area contributed by atoms with Crippen LogP contribution in [0.2, 0.25) is 0 Å². The number of benzene rings is 2. The lowest BCUT2D eigenvalue weighted by atomic mass is 10.2. The molecule has 0 bridgehead atoms. The molecule has 0 radical (unpaired) electrons. The zero-order valence-corrected chi connectivity index (χ0v) is 14.1. The summed E-state index contributed by atoms with van der Waals surface area (Å²) in [7, 11) is 0. The molecule has 1 aromatic heterocycles. The highest BCUT2D eigenvalue weighted by Crippen LogP contribution is 2.48. The number of aromatic nitrogens is 2. The number of amides is 1. The van der Waals surface area contributed by atoms with E-state index in [9.17, 15) is 4.79 Å². The van der Waals surface area contributed by atoms with Crippen molar-refractivity contribution in [2.75, 3.05) is 4.90 Å². The van der Waals surface area contributed by atoms with Crippen LogP contribution in [0.25, 0.3) is 0 Å². The number of hydroxylamine groups is 1. The van der Waals surface area contributed by atoms with Gasteiger partial charge in [0.1, 0.15) is 6.54 Å². The Kier molecular flexibility index (Phi) is 4.17. The minimum Gasteiger partial charge on any atom is -0.335 e. The molecule has 0 atom stereocenters. The minimum atomic E-state index is -0.500. The molecule has 2 aromatic carbocycles. The van der Waals surface area contributed by atoms with Crippen molar-refractivity contribution in [1.29, 1.82) is 0 Å². The molecule has 0 aliphatic carbocycles. The van der Waals surface area contributed by atoms with E-state index in [1.807, 2.05) is 30.5 Å². The quantitative estimate of drug-likeness (QED) is 0.557. The Hall–Kier alpha value is -2.77. The maximum absolute atomic E-state index is 11.3. The van der Waals surface area contributed by atoms with E-state index in [1.165, 1.54) is 14.5 Å². The van der Waals surface area contributed by atoms with Gasteiger partial charge in [0.05, 0.1) is 24.1 Å². The normalized spacial score (nSPS) is 12.4. The number of fused-ring (bicyclic) bond motifs is 2. The minimum absolute atomic E-state index is 0.0144. The summed E-state index contributed by atoms with van der Waals surface area (Å²) in [6.07, 6.45) is 3.57. The molecule has 0 saturated carbocycles. The van der Waals surface area contributed by atoms with Gasteiger partial charge < -0.3 is 4.90 Å². The van der Waals surface area contributed by atoms with Gasteiger partial charge in [0.15, 0.2) is 0 Å². The summed E-state index contributed by atoms with van der Waals surface area (Å²) in [5.41, 5.74) is 4.92. The summed E-state index contributed by atoms with van der Waals surface area (Å²) < 4.78 is 1.51. The molecule has 1 aliphatic heterocycles. The predicted octanol–water partition coefficient (Wildman–Crippen LogP) is 3.19. The van der Waals surface area contributed by atoms with Crippen molar-refractivity contribution in [3.8, 4) is 0 Å². The van der Waals surface area contributed by atoms with E-state index in [2.05, 4.69) is 34.3 Å². The number of hydrogen-bond acceptors (Lipinski definition) is 5. The van der Waals surface area contributed by atoms with E-state index in [0.29, 0.717) is 6.54 Å². The van der Waals surface area contributed by atoms with E-state index in [4.69, 9.17) is 5.21 Å². The largest absolute Gasteiger partial charge is 0.335 e. The van der Waals surface area contributed by atoms with Gasteiger partial charge in [-0.15, -0.1) is 0 Å². The molecular formula is C18H16N4O2S. The molecule has 0 saturated heterocycles. The van der Waals surface area contributed by atoms with Crippen molar-refractivity contribution in [2.24, 2.45) is 0 Å². The molecule has 126 valence electrons. The summed E-state index contributed by atoms with van der Waals surface area (Å²) >= 11 is 1.77. The van der Waals surface area contributed by atoms with Crippen LogP contribution in [0.5, 0.6) is 0 Å². The molecule has 0 spiro atoms. The lowest BCUT2D eigenvalue weighted by Gasteiger charge is -2.32. The summed E-state index contributed by atoms with van der Waals surface area (Å²) in [6.45, 7) is 0.634. The van der Waals surface area contributed by atoms with Gasteiger partial charge in [0, 0.05) is 21.6 Å². The maximum Gasteiger partial charge on any atom is 0.265 e. The summed E-state index contributed by atoms with van der Waals surface area (Å²) in [5.74, 6) is -0.500. The monoisotopic (exact) mass is 352 g/mol. The third-order valence-electron chi connectivity index (χ3n) is 3.99. The zero-order chi connectivity index (χ0) is 17.2. The third-order valence-corrected chi connectivity index (χ3v) is 5.12. The van der Waals surface area contributed by atoms with Crippen LogP contribution in [-0.2, 0) is 17.9 Å². The molecule has 1 aliphatic rings. The number of hydrogen-bond donors (Lipinski definition) is 2. The Morgan fingerprint density at radius 2 is 1.72 bits per heavy atom. The first-order valence-electron chi connectivity index (χ1n) is 7.82. The highest BCUT2D eigenvalue weighted by Gasteiger charge is 2.23. The first-order chi connectivity index (χ1) is 12.2. The number of para-hydroxylation sites is 2. The molecule has 2 heterocycles. The Morgan fingerprint density at radius 1 is 1.08 bits per heavy atom. The first-order valence-corrected chi connectivity index (χ1v) is 8.64. The highest BCUT2D eigenvalue weighted by molar-refractivity contribution is 7.99. The molecule has 4 rings (SSSR count). The number of nitrogens with zero attached hydrogens (tertiary/aromatic N) is 3. The Bertz CT molecular complexity index is 879. The Labute approximate surface area is 149 Å². The predicted molar refractivity (Wildman–Crippen MR) is 95.0 cm³/mol. The van der Waals surface area contributed by atoms with Crippen LogP contribution in [0.15, 0.2) is 70.7 Å². The fourth-order valence-electron chi connectivity index (χ4n) is 2.89. The first kappa shape index (κ1) is 15.7. The average molecular weight is 352 g/mol. The second kappa shape index (κ2) is 6.62. The van der Waals surface area contributed by atoms with Crippen molar-refractivity contribution in [1.82, 2.24) is 15.3 Å². The lowest BCUT2D eigenvalue weighted by molar-refractivity contribution is -0.130. The van der Waals surface area contributed by atoms with Crippen molar-refractivity contribution >= 4 is 29.0 Å². The molecule has 1 amide bonds. The maximum atomic E-state index is 11.3. The van der Waals surface area contributed by atoms with Gasteiger partial charge in [-0.2, -0.15) is 5.10 Å². The number of anilines is 2. The van der Waals surface area contributed by atoms with Gasteiger partial charge in [0.25, 0.3) is 5.91 Å². The highest BCUT2D eigenvalue weighted by atomic mass is 32.2. The molecular weight excluding hydrogens is 336 g/mol. The molecule has 7 heteroatoms. The number of rotatable bonds is 4. The van der Waals surface area contributed by atoms with E-state index >= 15 is 0 Å². The average Bonchev–Trinajstić information content (AvgIpc) is 3.08. The van der Waals surface area contributed by atoms with E-state index in [0.717, 1.165) is 16.9 Å². The molecule has 2 N–H and O–H groups in total. The van der Waals surface area contributed by atoms with Crippen molar-refractivity contribution in [3.05, 3.63) is 66.5 Å². The van der Waals surface area contributed by atoms with Crippen molar-refractivity contribution in [3.63, 3.8) is 0 Å². The molecule has 25 heavy (non-hydrogen) atoms. The fraction of sp³-hybridized carbons (Fsp3) is 0.111. The van der Waals surface area contributed by atoms with Crippen LogP contribution in [-0.4, -0.2) is 20.9 Å². The van der Waals surface area contributed by atoms with Gasteiger partial charge in [-0.25, -0.2) is 5.48 Å². The molecule has 0 unspecified atom stereocenters. The molecule has 3 aromatic rings. The number of carbonyl (C=O) groups excluding carboxylic acids is 1. The van der Waals surface area contributed by atoms with Crippen LogP contribution in [0, 0.1) is 0 Å². The van der Waals surface area contributed by atoms with Gasteiger partial charge in [0.2, 0.25) is 0 Å². The summed E-state index contributed by atoms with van der Waals surface area (Å²) in [4.78, 5) is 16.0. The second-order valence-electron chi connectivity index (χ2n) is 5.70. The standard InChI is InChI=1S/C18H16N4O2S/c23-18(20-24)12-21-10-13(9-19-21)11-22-14-5-1-3-7-16(14)25-17-8-4-2-6-15(17)22/h1-10,24H,11-12H2,(H,20,23). The van der Waals surface area contributed by atoms with E-state index in [1.54, 1.807) is 23.4 Å². The lowest BCUT2D eigenvalue weighted by Crippen LogP contribution is -2.24. The van der Waals surface area contributed by atoms with Crippen LogP contribution in [0.3, 0.4) is 0 Å². The Balaban J connectivity index is 1.65. The van der Waals surface area contributed by atoms with Gasteiger partial charge in [-0.3, -0.25) is 14.7 Å². The Morgan fingerprint density at radius 3 is 2.36 bits per heavy atom. The number of nitrogens with one attached hydrogen (secondary N) is 1. The van der Waals surface area contributed by atoms with Crippen LogP contribution in [0.1, 0.15) is 5.56 Å². The second-order valence-corrected chi connectivity index (χ2v) is 6.79. The van der Waals surface area contributed by atoms with Gasteiger partial charge in [-0.05, 0) is 24.3 Å². The third kappa shape index (κ3) is 3.11. The zero-order valence-electron chi connectivity index (χ0n) is 13.3. The van der Waals surface area contributed by atoms with E-state index < -0.39 is 5.91 Å². The van der Waals surface area contributed by atoms with Crippen LogP contribution in [0.4, 0.5) is 11.4 Å². The van der Waals surface area contributed by atoms with Gasteiger partial charge in [-0.1, -0.05) is 36.0 Å². The van der Waals surface area contributed by atoms with Crippen LogP contribution < -0.4 is 10.4 Å². The van der Waals surface area contributed by atoms with Gasteiger partial charge >= 0.3 is 0 Å². The fourth-order valence-corrected chi connectivity index (χ4v) is 3.99. The van der Waals surface area contributed by atoms with Crippen molar-refractivity contribution < 1.29 is 10.0 Å².